The van der Waals surface area contributed by atoms with Gasteiger partial charge in [0.15, 0.2) is 5.69 Å². The third-order valence-corrected chi connectivity index (χ3v) is 3.94. The van der Waals surface area contributed by atoms with E-state index in [1.807, 2.05) is 26.0 Å². The highest BCUT2D eigenvalue weighted by atomic mass is 32.1. The first kappa shape index (κ1) is 20.4. The quantitative estimate of drug-likeness (QED) is 0.663. The minimum atomic E-state index is -4.51. The highest BCUT2D eigenvalue weighted by molar-refractivity contribution is 7.51. The van der Waals surface area contributed by atoms with Crippen LogP contribution in [-0.2, 0) is 17.7 Å². The summed E-state index contributed by atoms with van der Waals surface area (Å²) in [5.74, 6) is 0. The van der Waals surface area contributed by atoms with Gasteiger partial charge in [0.25, 0.3) is 0 Å². The molecular weight excluding hydrogens is 379 g/mol. The van der Waals surface area contributed by atoms with Gasteiger partial charge in [0, 0.05) is 11.3 Å². The smallest absolute Gasteiger partial charge is 0.399 e. The molecule has 0 bridgehead atoms. The van der Waals surface area contributed by atoms with E-state index in [0.717, 1.165) is 17.2 Å². The van der Waals surface area contributed by atoms with Gasteiger partial charge in [-0.3, -0.25) is 0 Å². The van der Waals surface area contributed by atoms with Crippen molar-refractivity contribution in [3.63, 3.8) is 0 Å². The van der Waals surface area contributed by atoms with Gasteiger partial charge in [-0.1, -0.05) is 12.1 Å². The van der Waals surface area contributed by atoms with E-state index in [-0.39, 0.29) is 0 Å². The van der Waals surface area contributed by atoms with E-state index in [9.17, 15) is 13.2 Å². The number of hydrogen-bond donors (Lipinski definition) is 1. The molecule has 3 aromatic rings. The molecule has 0 unspecified atom stereocenters. The normalized spacial score (nSPS) is 10.9. The molecule has 142 valence electrons. The second kappa shape index (κ2) is 8.17. The number of aryl methyl sites for hydroxylation is 2. The fraction of sp³-hybridized carbons (Fsp3) is 0.167. The number of rotatable bonds is 2. The Morgan fingerprint density at radius 1 is 0.963 bits per heavy atom. The lowest BCUT2D eigenvalue weighted by molar-refractivity contribution is -0.141. The third-order valence-electron chi connectivity index (χ3n) is 3.94. The average Bonchev–Trinajstić information content (AvgIpc) is 3.04. The molecule has 0 spiro atoms. The Morgan fingerprint density at radius 2 is 1.56 bits per heavy atom. The maximum atomic E-state index is 13.1. The molecule has 0 radical (unpaired) electrons. The van der Waals surface area contributed by atoms with Crippen molar-refractivity contribution in [2.75, 3.05) is 5.73 Å². The zero-order valence-corrected chi connectivity index (χ0v) is 15.3. The summed E-state index contributed by atoms with van der Waals surface area (Å²) >= 11 is -0.750. The van der Waals surface area contributed by atoms with Crippen molar-refractivity contribution in [2.45, 2.75) is 20.0 Å². The molecule has 0 aliphatic carbocycles. The van der Waals surface area contributed by atoms with Gasteiger partial charge in [0.2, 0.25) is 0 Å². The summed E-state index contributed by atoms with van der Waals surface area (Å²) in [4.78, 5) is 0. The molecule has 0 saturated heterocycles. The summed E-state index contributed by atoms with van der Waals surface area (Å²) in [6.07, 6.45) is -4.51. The monoisotopic (exact) mass is 395 g/mol. The van der Waals surface area contributed by atoms with Crippen molar-refractivity contribution in [2.24, 2.45) is 0 Å². The van der Waals surface area contributed by atoms with Crippen molar-refractivity contribution < 1.29 is 21.6 Å². The van der Waals surface area contributed by atoms with Crippen molar-refractivity contribution in [1.29, 1.82) is 0 Å². The standard InChI is InChI=1S/C18H16F3N3.O2S/c1-11-3-4-13(9-12(11)2)16-10-17(18(19,20)21)23-24(16)15-7-5-14(22)6-8-15;1-3-2/h3-10H,22H2,1-2H3;. The average molecular weight is 395 g/mol. The van der Waals surface area contributed by atoms with E-state index >= 15 is 0 Å². The Hall–Kier alpha value is -2.94. The maximum absolute atomic E-state index is 13.1. The van der Waals surface area contributed by atoms with E-state index in [4.69, 9.17) is 14.2 Å². The van der Waals surface area contributed by atoms with Crippen LogP contribution in [0.5, 0.6) is 0 Å². The molecule has 27 heavy (non-hydrogen) atoms. The molecular formula is C18H16F3N3O2S. The van der Waals surface area contributed by atoms with Gasteiger partial charge in [-0.2, -0.15) is 26.7 Å². The second-order valence-corrected chi connectivity index (χ2v) is 5.92. The van der Waals surface area contributed by atoms with E-state index in [1.54, 1.807) is 30.3 Å². The summed E-state index contributed by atoms with van der Waals surface area (Å²) in [5, 5.41) is 3.76. The van der Waals surface area contributed by atoms with Crippen LogP contribution in [0.4, 0.5) is 18.9 Å². The Balaban J connectivity index is 0.000000817. The van der Waals surface area contributed by atoms with Gasteiger partial charge in [-0.15, -0.1) is 0 Å². The van der Waals surface area contributed by atoms with Crippen LogP contribution in [-0.4, -0.2) is 18.2 Å². The van der Waals surface area contributed by atoms with Gasteiger partial charge in [-0.25, -0.2) is 4.68 Å². The Morgan fingerprint density at radius 3 is 2.07 bits per heavy atom. The zero-order valence-electron chi connectivity index (χ0n) is 14.4. The van der Waals surface area contributed by atoms with Crippen molar-refractivity contribution in [1.82, 2.24) is 9.78 Å². The lowest BCUT2D eigenvalue weighted by Crippen LogP contribution is -2.07. The van der Waals surface area contributed by atoms with Crippen LogP contribution in [0.25, 0.3) is 16.9 Å². The first-order valence-electron chi connectivity index (χ1n) is 7.70. The molecule has 2 aromatic carbocycles. The van der Waals surface area contributed by atoms with Crippen molar-refractivity contribution >= 4 is 17.3 Å². The molecule has 3 rings (SSSR count). The van der Waals surface area contributed by atoms with Gasteiger partial charge in [-0.05, 0) is 61.4 Å². The highest BCUT2D eigenvalue weighted by Gasteiger charge is 2.35. The second-order valence-electron chi connectivity index (χ2n) is 5.78. The van der Waals surface area contributed by atoms with Gasteiger partial charge in [0.1, 0.15) is 0 Å². The topological polar surface area (TPSA) is 78.0 Å². The maximum Gasteiger partial charge on any atom is 0.435 e. The number of halogens is 3. The number of hydrogen-bond acceptors (Lipinski definition) is 4. The Kier molecular flexibility index (Phi) is 6.17. The summed E-state index contributed by atoms with van der Waals surface area (Å²) < 4.78 is 57.3. The number of benzene rings is 2. The third kappa shape index (κ3) is 4.82. The summed E-state index contributed by atoms with van der Waals surface area (Å²) in [6, 6.07) is 13.2. The molecule has 0 saturated carbocycles. The zero-order chi connectivity index (χ0) is 20.2. The minimum absolute atomic E-state index is 0.384. The molecule has 0 aliphatic rings. The Bertz CT molecular complexity index is 977. The first-order valence-corrected chi connectivity index (χ1v) is 8.36. The van der Waals surface area contributed by atoms with E-state index in [0.29, 0.717) is 22.6 Å². The molecule has 9 heteroatoms. The molecule has 2 N–H and O–H groups in total. The molecule has 0 amide bonds. The molecule has 0 atom stereocenters. The molecule has 5 nitrogen and oxygen atoms in total. The first-order chi connectivity index (χ1) is 12.7. The molecule has 0 aliphatic heterocycles. The predicted molar refractivity (Wildman–Crippen MR) is 96.8 cm³/mol. The molecule has 0 fully saturated rings. The number of nitrogens with zero attached hydrogens (tertiary/aromatic N) is 2. The van der Waals surface area contributed by atoms with Crippen LogP contribution in [0.3, 0.4) is 0 Å². The lowest BCUT2D eigenvalue weighted by Gasteiger charge is -2.09. The van der Waals surface area contributed by atoms with Crippen LogP contribution in [0, 0.1) is 13.8 Å². The van der Waals surface area contributed by atoms with E-state index in [1.165, 1.54) is 4.68 Å². The van der Waals surface area contributed by atoms with Crippen LogP contribution in [0.1, 0.15) is 16.8 Å². The Labute approximate surface area is 157 Å². The summed E-state index contributed by atoms with van der Waals surface area (Å²) in [6.45, 7) is 3.88. The molecule has 1 heterocycles. The number of nitrogen functional groups attached to an aromatic ring is 1. The SMILES string of the molecule is Cc1ccc(-c2cc(C(F)(F)F)nn2-c2ccc(N)cc2)cc1C.O=S=O. The van der Waals surface area contributed by atoms with E-state index < -0.39 is 23.4 Å². The van der Waals surface area contributed by atoms with E-state index in [2.05, 4.69) is 5.10 Å². The van der Waals surface area contributed by atoms with Crippen molar-refractivity contribution in [3.05, 3.63) is 65.4 Å². The fourth-order valence-corrected chi connectivity index (χ4v) is 2.44. The summed E-state index contributed by atoms with van der Waals surface area (Å²) in [7, 11) is 0. The number of anilines is 1. The number of aromatic nitrogens is 2. The van der Waals surface area contributed by atoms with Gasteiger partial charge >= 0.3 is 17.7 Å². The highest BCUT2D eigenvalue weighted by Crippen LogP contribution is 2.33. The van der Waals surface area contributed by atoms with Crippen molar-refractivity contribution in [3.8, 4) is 16.9 Å². The summed E-state index contributed by atoms with van der Waals surface area (Å²) in [5.41, 5.74) is 8.94. The van der Waals surface area contributed by atoms with Gasteiger partial charge < -0.3 is 5.73 Å². The van der Waals surface area contributed by atoms with Crippen LogP contribution in [0.2, 0.25) is 0 Å². The fourth-order valence-electron chi connectivity index (χ4n) is 2.44. The van der Waals surface area contributed by atoms with Gasteiger partial charge in [0.05, 0.1) is 11.4 Å². The lowest BCUT2D eigenvalue weighted by atomic mass is 10.0. The number of alkyl halides is 3. The number of nitrogens with two attached hydrogens (primary N) is 1. The largest absolute Gasteiger partial charge is 0.435 e. The molecule has 1 aromatic heterocycles. The predicted octanol–water partition coefficient (Wildman–Crippen LogP) is 4.09. The van der Waals surface area contributed by atoms with Crippen LogP contribution >= 0.6 is 0 Å². The van der Waals surface area contributed by atoms with Crippen LogP contribution in [0.15, 0.2) is 48.5 Å². The van der Waals surface area contributed by atoms with Crippen LogP contribution < -0.4 is 5.73 Å². The minimum Gasteiger partial charge on any atom is -0.399 e.